The number of halogens is 1. The highest BCUT2D eigenvalue weighted by atomic mass is 19.1. The molecule has 0 aromatic heterocycles. The minimum atomic E-state index is -0.940. The molecule has 0 bridgehead atoms. The number of carboxylic acids is 1. The predicted molar refractivity (Wildman–Crippen MR) is 141 cm³/mol. The topological polar surface area (TPSA) is 88.1 Å². The van der Waals surface area contributed by atoms with Crippen molar-refractivity contribution >= 4 is 17.7 Å². The van der Waals surface area contributed by atoms with Crippen molar-refractivity contribution < 1.29 is 28.6 Å². The van der Waals surface area contributed by atoms with Crippen LogP contribution in [0.15, 0.2) is 42.5 Å². The minimum Gasteiger partial charge on any atom is -0.478 e. The average Bonchev–Trinajstić information content (AvgIpc) is 2.85. The van der Waals surface area contributed by atoms with Crippen LogP contribution < -0.4 is 5.32 Å². The van der Waals surface area contributed by atoms with E-state index in [1.807, 2.05) is 13.0 Å². The number of carbonyl (C=O) groups excluding carboxylic acids is 1. The fourth-order valence-corrected chi connectivity index (χ4v) is 4.94. The number of ether oxygens (including phenoxy) is 2. The summed E-state index contributed by atoms with van der Waals surface area (Å²) in [5.74, 6) is -1.34. The Morgan fingerprint density at radius 2 is 1.89 bits per heavy atom. The second-order valence-electron chi connectivity index (χ2n) is 9.78. The SMILES string of the molecule is CCCC(C)N(CCOC1CCCC(OCc2cccc(C)c2C(=O)O)C1)C(=O)Nc1cccc(F)c1. The van der Waals surface area contributed by atoms with Gasteiger partial charge in [0.05, 0.1) is 31.0 Å². The van der Waals surface area contributed by atoms with Crippen molar-refractivity contribution in [2.45, 2.75) is 84.2 Å². The highest BCUT2D eigenvalue weighted by Gasteiger charge is 2.25. The van der Waals surface area contributed by atoms with Crippen molar-refractivity contribution in [1.29, 1.82) is 0 Å². The van der Waals surface area contributed by atoms with Crippen LogP contribution >= 0.6 is 0 Å². The van der Waals surface area contributed by atoms with Crippen molar-refractivity contribution in [3.05, 3.63) is 65.0 Å². The molecule has 0 aliphatic heterocycles. The fraction of sp³-hybridized carbons (Fsp3) is 0.517. The summed E-state index contributed by atoms with van der Waals surface area (Å²) in [6.45, 7) is 6.95. The molecule has 1 saturated carbocycles. The van der Waals surface area contributed by atoms with Crippen molar-refractivity contribution in [2.24, 2.45) is 0 Å². The van der Waals surface area contributed by atoms with Crippen LogP contribution in [0.1, 0.15) is 73.9 Å². The molecule has 1 aliphatic carbocycles. The molecule has 1 fully saturated rings. The maximum Gasteiger partial charge on any atom is 0.336 e. The summed E-state index contributed by atoms with van der Waals surface area (Å²) in [4.78, 5) is 26.4. The highest BCUT2D eigenvalue weighted by molar-refractivity contribution is 5.91. The Morgan fingerprint density at radius 3 is 2.59 bits per heavy atom. The molecule has 2 aromatic carbocycles. The van der Waals surface area contributed by atoms with Gasteiger partial charge in [0.2, 0.25) is 0 Å². The summed E-state index contributed by atoms with van der Waals surface area (Å²) in [6.07, 6.45) is 5.33. The molecular formula is C29H39FN2O5. The molecule has 0 spiro atoms. The molecule has 3 atom stereocenters. The molecule has 0 heterocycles. The van der Waals surface area contributed by atoms with E-state index in [1.165, 1.54) is 12.1 Å². The molecule has 2 amide bonds. The number of benzene rings is 2. The van der Waals surface area contributed by atoms with E-state index >= 15 is 0 Å². The quantitative estimate of drug-likeness (QED) is 0.342. The number of carboxylic acid groups (broad SMARTS) is 1. The molecule has 2 aromatic rings. The maximum atomic E-state index is 13.5. The summed E-state index contributed by atoms with van der Waals surface area (Å²) < 4.78 is 25.8. The number of aromatic carboxylic acids is 1. The molecule has 8 heteroatoms. The molecule has 2 N–H and O–H groups in total. The van der Waals surface area contributed by atoms with E-state index < -0.39 is 11.8 Å². The first-order valence-corrected chi connectivity index (χ1v) is 13.2. The lowest BCUT2D eigenvalue weighted by Crippen LogP contribution is -2.44. The zero-order valence-electron chi connectivity index (χ0n) is 22.0. The van der Waals surface area contributed by atoms with E-state index in [9.17, 15) is 19.1 Å². The second kappa shape index (κ2) is 14.1. The molecule has 202 valence electrons. The lowest BCUT2D eigenvalue weighted by molar-refractivity contribution is -0.0531. The number of rotatable bonds is 12. The van der Waals surface area contributed by atoms with Crippen molar-refractivity contribution in [1.82, 2.24) is 4.90 Å². The zero-order chi connectivity index (χ0) is 26.8. The van der Waals surface area contributed by atoms with Gasteiger partial charge in [0.1, 0.15) is 5.82 Å². The standard InChI is InChI=1S/C29H39FN2O5/c1-4-8-21(3)32(29(35)31-24-12-6-11-23(30)17-24)15-16-36-25-13-7-14-26(18-25)37-19-22-10-5-9-20(2)27(22)28(33)34/h5-6,9-12,17,21,25-26H,4,7-8,13-16,18-19H2,1-3H3,(H,31,35)(H,33,34). The largest absolute Gasteiger partial charge is 0.478 e. The number of amides is 2. The smallest absolute Gasteiger partial charge is 0.336 e. The number of urea groups is 1. The summed E-state index contributed by atoms with van der Waals surface area (Å²) in [6, 6.07) is 11.1. The number of hydrogen-bond acceptors (Lipinski definition) is 4. The zero-order valence-corrected chi connectivity index (χ0v) is 22.0. The first kappa shape index (κ1) is 28.6. The van der Waals surface area contributed by atoms with Gasteiger partial charge in [-0.2, -0.15) is 0 Å². The third-order valence-corrected chi connectivity index (χ3v) is 6.89. The lowest BCUT2D eigenvalue weighted by Gasteiger charge is -2.32. The number of anilines is 1. The van der Waals surface area contributed by atoms with Crippen molar-refractivity contribution in [3.63, 3.8) is 0 Å². The molecule has 3 rings (SSSR count). The lowest BCUT2D eigenvalue weighted by atomic mass is 9.94. The van der Waals surface area contributed by atoms with Crippen molar-refractivity contribution in [2.75, 3.05) is 18.5 Å². The van der Waals surface area contributed by atoms with Gasteiger partial charge in [-0.05, 0) is 75.3 Å². The Labute approximate surface area is 219 Å². The van der Waals surface area contributed by atoms with E-state index in [-0.39, 0.29) is 30.9 Å². The summed E-state index contributed by atoms with van der Waals surface area (Å²) in [5.41, 5.74) is 2.14. The minimum absolute atomic E-state index is 0.00713. The van der Waals surface area contributed by atoms with Gasteiger partial charge in [-0.25, -0.2) is 14.0 Å². The van der Waals surface area contributed by atoms with Crippen LogP contribution in [0.25, 0.3) is 0 Å². The number of aryl methyl sites for hydroxylation is 1. The van der Waals surface area contributed by atoms with Crippen LogP contribution in [0.5, 0.6) is 0 Å². The third kappa shape index (κ3) is 8.54. The second-order valence-corrected chi connectivity index (χ2v) is 9.78. The van der Waals surface area contributed by atoms with Gasteiger partial charge in [-0.1, -0.05) is 37.6 Å². The number of hydrogen-bond donors (Lipinski definition) is 2. The molecule has 0 saturated heterocycles. The van der Waals surface area contributed by atoms with Gasteiger partial charge in [-0.15, -0.1) is 0 Å². The van der Waals surface area contributed by atoms with Gasteiger partial charge in [0.25, 0.3) is 0 Å². The van der Waals surface area contributed by atoms with Gasteiger partial charge < -0.3 is 24.8 Å². The first-order chi connectivity index (χ1) is 17.8. The predicted octanol–water partition coefficient (Wildman–Crippen LogP) is 6.40. The number of nitrogens with zero attached hydrogens (tertiary/aromatic N) is 1. The van der Waals surface area contributed by atoms with E-state index in [2.05, 4.69) is 12.2 Å². The Hall–Kier alpha value is -2.97. The van der Waals surface area contributed by atoms with Gasteiger partial charge in [0, 0.05) is 18.3 Å². The average molecular weight is 515 g/mol. The summed E-state index contributed by atoms with van der Waals surface area (Å²) in [7, 11) is 0. The molecule has 0 radical (unpaired) electrons. The van der Waals surface area contributed by atoms with Crippen LogP contribution in [0.4, 0.5) is 14.9 Å². The number of nitrogens with one attached hydrogen (secondary N) is 1. The fourth-order valence-electron chi connectivity index (χ4n) is 4.94. The molecule has 37 heavy (non-hydrogen) atoms. The Kier molecular flexibility index (Phi) is 10.9. The first-order valence-electron chi connectivity index (χ1n) is 13.2. The van der Waals surface area contributed by atoms with Crippen LogP contribution in [0, 0.1) is 12.7 Å². The van der Waals surface area contributed by atoms with E-state index in [1.54, 1.807) is 36.1 Å². The van der Waals surface area contributed by atoms with Crippen LogP contribution in [0.2, 0.25) is 0 Å². The normalized spacial score (nSPS) is 18.3. The van der Waals surface area contributed by atoms with Gasteiger partial charge in [0.15, 0.2) is 0 Å². The van der Waals surface area contributed by atoms with Gasteiger partial charge >= 0.3 is 12.0 Å². The Balaban J connectivity index is 1.51. The monoisotopic (exact) mass is 514 g/mol. The number of carbonyl (C=O) groups is 2. The molecule has 7 nitrogen and oxygen atoms in total. The molecule has 1 aliphatic rings. The Bertz CT molecular complexity index is 1050. The summed E-state index contributed by atoms with van der Waals surface area (Å²) in [5, 5.41) is 12.3. The highest BCUT2D eigenvalue weighted by Crippen LogP contribution is 2.26. The molecule has 3 unspecified atom stereocenters. The molecular weight excluding hydrogens is 475 g/mol. The van der Waals surface area contributed by atoms with Gasteiger partial charge in [-0.3, -0.25) is 0 Å². The third-order valence-electron chi connectivity index (χ3n) is 6.89. The van der Waals surface area contributed by atoms with E-state index in [4.69, 9.17) is 9.47 Å². The summed E-state index contributed by atoms with van der Waals surface area (Å²) >= 11 is 0. The maximum absolute atomic E-state index is 13.5. The van der Waals surface area contributed by atoms with E-state index in [0.29, 0.717) is 30.0 Å². The van der Waals surface area contributed by atoms with Crippen LogP contribution in [-0.4, -0.2) is 53.4 Å². The van der Waals surface area contributed by atoms with Crippen molar-refractivity contribution in [3.8, 4) is 0 Å². The van der Waals surface area contributed by atoms with E-state index in [0.717, 1.165) is 44.1 Å². The van der Waals surface area contributed by atoms with Crippen LogP contribution in [-0.2, 0) is 16.1 Å². The van der Waals surface area contributed by atoms with Crippen LogP contribution in [0.3, 0.4) is 0 Å². The Morgan fingerprint density at radius 1 is 1.16 bits per heavy atom.